The van der Waals surface area contributed by atoms with Crippen molar-refractivity contribution in [3.8, 4) is 11.5 Å². The van der Waals surface area contributed by atoms with Gasteiger partial charge in [0.2, 0.25) is 6.79 Å². The van der Waals surface area contributed by atoms with Crippen LogP contribution in [-0.4, -0.2) is 13.3 Å². The summed E-state index contributed by atoms with van der Waals surface area (Å²) in [6.07, 6.45) is 1.15. The first-order valence-electron chi connectivity index (χ1n) is 5.44. The number of fused-ring (bicyclic) bond motifs is 1. The molecule has 1 aliphatic heterocycles. The molecule has 1 atom stereocenters. The highest BCUT2D eigenvalue weighted by atomic mass is 16.7. The Bertz CT molecular complexity index is 338. The van der Waals surface area contributed by atoms with Crippen molar-refractivity contribution in [3.05, 3.63) is 23.8 Å². The van der Waals surface area contributed by atoms with Gasteiger partial charge in [0.25, 0.3) is 0 Å². The third-order valence-electron chi connectivity index (χ3n) is 2.60. The maximum absolute atomic E-state index is 5.34. The zero-order valence-electron chi connectivity index (χ0n) is 9.25. The SMILES string of the molecule is CCCN[C@H](C)c1ccc2c(c1)OCO2. The number of benzene rings is 1. The van der Waals surface area contributed by atoms with E-state index in [1.807, 2.05) is 6.07 Å². The summed E-state index contributed by atoms with van der Waals surface area (Å²) in [5, 5.41) is 3.44. The van der Waals surface area contributed by atoms with Crippen LogP contribution in [-0.2, 0) is 0 Å². The largest absolute Gasteiger partial charge is 0.454 e. The molecule has 3 nitrogen and oxygen atoms in total. The summed E-state index contributed by atoms with van der Waals surface area (Å²) in [5.41, 5.74) is 1.24. The van der Waals surface area contributed by atoms with E-state index in [1.165, 1.54) is 5.56 Å². The molecule has 1 aromatic rings. The molecule has 1 N–H and O–H groups in total. The molecule has 0 saturated heterocycles. The molecule has 0 saturated carbocycles. The molecule has 2 rings (SSSR count). The number of rotatable bonds is 4. The fourth-order valence-corrected chi connectivity index (χ4v) is 1.66. The molecule has 0 unspecified atom stereocenters. The van der Waals surface area contributed by atoms with E-state index < -0.39 is 0 Å². The molecule has 1 aromatic carbocycles. The molecule has 0 aliphatic carbocycles. The van der Waals surface area contributed by atoms with Crippen molar-refractivity contribution in [2.24, 2.45) is 0 Å². The summed E-state index contributed by atoms with van der Waals surface area (Å²) in [7, 11) is 0. The minimum Gasteiger partial charge on any atom is -0.454 e. The number of hydrogen-bond acceptors (Lipinski definition) is 3. The van der Waals surface area contributed by atoms with Crippen LogP contribution in [0.25, 0.3) is 0 Å². The van der Waals surface area contributed by atoms with Gasteiger partial charge in [-0.1, -0.05) is 13.0 Å². The molecule has 15 heavy (non-hydrogen) atoms. The number of hydrogen-bond donors (Lipinski definition) is 1. The number of ether oxygens (including phenoxy) is 2. The van der Waals surface area contributed by atoms with Crippen molar-refractivity contribution in [2.75, 3.05) is 13.3 Å². The highest BCUT2D eigenvalue weighted by molar-refractivity contribution is 5.45. The highest BCUT2D eigenvalue weighted by Gasteiger charge is 2.15. The second-order valence-electron chi connectivity index (χ2n) is 3.79. The molecule has 1 heterocycles. The lowest BCUT2D eigenvalue weighted by Gasteiger charge is -2.13. The molecular weight excluding hydrogens is 190 g/mol. The van der Waals surface area contributed by atoms with Crippen LogP contribution in [0.1, 0.15) is 31.9 Å². The fourth-order valence-electron chi connectivity index (χ4n) is 1.66. The molecule has 1 aliphatic rings. The van der Waals surface area contributed by atoms with Gasteiger partial charge in [-0.3, -0.25) is 0 Å². The van der Waals surface area contributed by atoms with Crippen LogP contribution in [0, 0.1) is 0 Å². The van der Waals surface area contributed by atoms with Crippen LogP contribution in [0.2, 0.25) is 0 Å². The summed E-state index contributed by atoms with van der Waals surface area (Å²) < 4.78 is 10.6. The highest BCUT2D eigenvalue weighted by Crippen LogP contribution is 2.33. The quantitative estimate of drug-likeness (QED) is 0.822. The summed E-state index contributed by atoms with van der Waals surface area (Å²) in [5.74, 6) is 1.71. The van der Waals surface area contributed by atoms with Crippen LogP contribution >= 0.6 is 0 Å². The predicted molar refractivity (Wildman–Crippen MR) is 59.3 cm³/mol. The van der Waals surface area contributed by atoms with E-state index in [4.69, 9.17) is 9.47 Å². The van der Waals surface area contributed by atoms with Gasteiger partial charge in [-0.05, 0) is 37.6 Å². The maximum atomic E-state index is 5.34. The van der Waals surface area contributed by atoms with Crippen LogP contribution in [0.4, 0.5) is 0 Å². The Morgan fingerprint density at radius 2 is 2.13 bits per heavy atom. The molecule has 82 valence electrons. The van der Waals surface area contributed by atoms with Crippen molar-refractivity contribution < 1.29 is 9.47 Å². The van der Waals surface area contributed by atoms with Gasteiger partial charge in [-0.15, -0.1) is 0 Å². The van der Waals surface area contributed by atoms with Crippen molar-refractivity contribution in [3.63, 3.8) is 0 Å². The Balaban J connectivity index is 2.08. The lowest BCUT2D eigenvalue weighted by atomic mass is 10.1. The minimum atomic E-state index is 0.343. The van der Waals surface area contributed by atoms with E-state index in [-0.39, 0.29) is 0 Å². The zero-order valence-corrected chi connectivity index (χ0v) is 9.25. The molecule has 0 bridgehead atoms. The summed E-state index contributed by atoms with van der Waals surface area (Å²) in [6, 6.07) is 6.47. The van der Waals surface area contributed by atoms with Crippen molar-refractivity contribution in [1.82, 2.24) is 5.32 Å². The molecule has 0 radical (unpaired) electrons. The molecule has 3 heteroatoms. The van der Waals surface area contributed by atoms with E-state index in [9.17, 15) is 0 Å². The normalized spacial score (nSPS) is 15.3. The predicted octanol–water partition coefficient (Wildman–Crippen LogP) is 2.48. The maximum Gasteiger partial charge on any atom is 0.231 e. The van der Waals surface area contributed by atoms with Crippen molar-refractivity contribution in [1.29, 1.82) is 0 Å². The molecule has 0 aromatic heterocycles. The lowest BCUT2D eigenvalue weighted by Crippen LogP contribution is -2.19. The topological polar surface area (TPSA) is 30.5 Å². The first-order chi connectivity index (χ1) is 7.31. The molecule has 0 spiro atoms. The van der Waals surface area contributed by atoms with Gasteiger partial charge in [0, 0.05) is 6.04 Å². The van der Waals surface area contributed by atoms with Crippen LogP contribution in [0.3, 0.4) is 0 Å². The van der Waals surface area contributed by atoms with Gasteiger partial charge in [0.05, 0.1) is 0 Å². The number of nitrogens with one attached hydrogen (secondary N) is 1. The van der Waals surface area contributed by atoms with Crippen LogP contribution in [0.15, 0.2) is 18.2 Å². The molecular formula is C12H17NO2. The smallest absolute Gasteiger partial charge is 0.231 e. The molecule has 0 amide bonds. The Labute approximate surface area is 90.4 Å². The third-order valence-corrected chi connectivity index (χ3v) is 2.60. The average molecular weight is 207 g/mol. The van der Waals surface area contributed by atoms with E-state index in [1.54, 1.807) is 0 Å². The van der Waals surface area contributed by atoms with Gasteiger partial charge in [-0.2, -0.15) is 0 Å². The Morgan fingerprint density at radius 1 is 1.33 bits per heavy atom. The first-order valence-corrected chi connectivity index (χ1v) is 5.44. The van der Waals surface area contributed by atoms with E-state index >= 15 is 0 Å². The van der Waals surface area contributed by atoms with Gasteiger partial charge in [-0.25, -0.2) is 0 Å². The second kappa shape index (κ2) is 4.53. The summed E-state index contributed by atoms with van der Waals surface area (Å²) in [4.78, 5) is 0. The van der Waals surface area contributed by atoms with Crippen molar-refractivity contribution >= 4 is 0 Å². The minimum absolute atomic E-state index is 0.343. The van der Waals surface area contributed by atoms with Crippen LogP contribution < -0.4 is 14.8 Å². The van der Waals surface area contributed by atoms with Crippen molar-refractivity contribution in [2.45, 2.75) is 26.3 Å². The van der Waals surface area contributed by atoms with E-state index in [0.29, 0.717) is 12.8 Å². The van der Waals surface area contributed by atoms with Gasteiger partial charge in [0.15, 0.2) is 11.5 Å². The van der Waals surface area contributed by atoms with E-state index in [2.05, 4.69) is 31.3 Å². The van der Waals surface area contributed by atoms with Gasteiger partial charge < -0.3 is 14.8 Å². The summed E-state index contributed by atoms with van der Waals surface area (Å²) in [6.45, 7) is 5.71. The van der Waals surface area contributed by atoms with Gasteiger partial charge in [0.1, 0.15) is 0 Å². The Kier molecular flexibility index (Phi) is 3.11. The standard InChI is InChI=1S/C12H17NO2/c1-3-6-13-9(2)10-4-5-11-12(7-10)15-8-14-11/h4-5,7,9,13H,3,6,8H2,1-2H3/t9-/m1/s1. The third kappa shape index (κ3) is 2.23. The monoisotopic (exact) mass is 207 g/mol. The van der Waals surface area contributed by atoms with Gasteiger partial charge >= 0.3 is 0 Å². The fraction of sp³-hybridized carbons (Fsp3) is 0.500. The van der Waals surface area contributed by atoms with E-state index in [0.717, 1.165) is 24.5 Å². The van der Waals surface area contributed by atoms with Crippen LogP contribution in [0.5, 0.6) is 11.5 Å². The molecule has 0 fully saturated rings. The first kappa shape index (κ1) is 10.3. The Morgan fingerprint density at radius 3 is 2.93 bits per heavy atom. The second-order valence-corrected chi connectivity index (χ2v) is 3.79. The Hall–Kier alpha value is -1.22. The zero-order chi connectivity index (χ0) is 10.7. The summed E-state index contributed by atoms with van der Waals surface area (Å²) >= 11 is 0. The lowest BCUT2D eigenvalue weighted by molar-refractivity contribution is 0.174. The average Bonchev–Trinajstić information content (AvgIpc) is 2.72.